The van der Waals surface area contributed by atoms with E-state index < -0.39 is 0 Å². The third-order valence-electron chi connectivity index (χ3n) is 3.20. The highest BCUT2D eigenvalue weighted by molar-refractivity contribution is 8.00. The monoisotopic (exact) mass is 257 g/mol. The third-order valence-corrected chi connectivity index (χ3v) is 5.75. The van der Waals surface area contributed by atoms with E-state index in [4.69, 9.17) is 5.73 Å². The number of thiazole rings is 1. The van der Waals surface area contributed by atoms with E-state index in [1.54, 1.807) is 11.3 Å². The highest BCUT2D eigenvalue weighted by Crippen LogP contribution is 2.32. The van der Waals surface area contributed by atoms with Crippen molar-refractivity contribution in [2.24, 2.45) is 5.73 Å². The highest BCUT2D eigenvalue weighted by atomic mass is 32.2. The van der Waals surface area contributed by atoms with Gasteiger partial charge in [0.2, 0.25) is 0 Å². The van der Waals surface area contributed by atoms with E-state index in [1.165, 1.54) is 10.6 Å². The molecule has 0 radical (unpaired) electrons. The van der Waals surface area contributed by atoms with E-state index >= 15 is 0 Å². The first-order valence-corrected chi connectivity index (χ1v) is 7.54. The fourth-order valence-corrected chi connectivity index (χ4v) is 4.08. The lowest BCUT2D eigenvalue weighted by molar-refractivity contribution is 0.625. The minimum absolute atomic E-state index is 0.565. The Morgan fingerprint density at radius 3 is 2.88 bits per heavy atom. The average Bonchev–Trinajstić information content (AvgIpc) is 2.63. The lowest BCUT2D eigenvalue weighted by Crippen LogP contribution is -2.44. The van der Waals surface area contributed by atoms with Crippen LogP contribution in [-0.2, 0) is 6.54 Å². The lowest BCUT2D eigenvalue weighted by atomic mass is 10.2. The summed E-state index contributed by atoms with van der Waals surface area (Å²) in [5, 5.41) is 1.83. The molecular formula is C11H19N3S2. The molecule has 2 unspecified atom stereocenters. The lowest BCUT2D eigenvalue weighted by Gasteiger charge is -2.37. The molecule has 1 aromatic heterocycles. The third kappa shape index (κ3) is 2.21. The topological polar surface area (TPSA) is 42.2 Å². The van der Waals surface area contributed by atoms with Crippen molar-refractivity contribution >= 4 is 28.2 Å². The van der Waals surface area contributed by atoms with Gasteiger partial charge in [0.25, 0.3) is 0 Å². The van der Waals surface area contributed by atoms with Crippen LogP contribution in [0.25, 0.3) is 0 Å². The largest absolute Gasteiger partial charge is 0.343 e. The number of thioether (sulfide) groups is 1. The summed E-state index contributed by atoms with van der Waals surface area (Å²) in [7, 11) is 0. The van der Waals surface area contributed by atoms with Crippen LogP contribution in [0, 0.1) is 6.92 Å². The van der Waals surface area contributed by atoms with Gasteiger partial charge in [-0.2, -0.15) is 11.8 Å². The van der Waals surface area contributed by atoms with Gasteiger partial charge in [0.05, 0.1) is 5.69 Å². The van der Waals surface area contributed by atoms with Gasteiger partial charge in [0.1, 0.15) is 0 Å². The molecule has 0 aromatic carbocycles. The number of hydrogen-bond acceptors (Lipinski definition) is 5. The number of hydrogen-bond donors (Lipinski definition) is 1. The first kappa shape index (κ1) is 12.2. The van der Waals surface area contributed by atoms with Crippen LogP contribution in [0.5, 0.6) is 0 Å². The molecule has 1 aromatic rings. The molecule has 1 saturated heterocycles. The second-order valence-electron chi connectivity index (χ2n) is 4.22. The van der Waals surface area contributed by atoms with E-state index in [0.29, 0.717) is 17.8 Å². The summed E-state index contributed by atoms with van der Waals surface area (Å²) in [6, 6.07) is 0.565. The van der Waals surface area contributed by atoms with E-state index in [9.17, 15) is 0 Å². The number of rotatable bonds is 2. The highest BCUT2D eigenvalue weighted by Gasteiger charge is 2.27. The Hall–Kier alpha value is -0.260. The Balaban J connectivity index is 2.22. The molecule has 90 valence electrons. The second kappa shape index (κ2) is 4.94. The minimum atomic E-state index is 0.565. The molecule has 0 saturated carbocycles. The summed E-state index contributed by atoms with van der Waals surface area (Å²) < 4.78 is 0. The number of nitrogens with zero attached hydrogens (tertiary/aromatic N) is 2. The Kier molecular flexibility index (Phi) is 3.77. The van der Waals surface area contributed by atoms with E-state index in [2.05, 4.69) is 42.4 Å². The van der Waals surface area contributed by atoms with Crippen molar-refractivity contribution in [2.45, 2.75) is 38.6 Å². The van der Waals surface area contributed by atoms with Crippen LogP contribution in [0.2, 0.25) is 0 Å². The Morgan fingerprint density at radius 2 is 2.25 bits per heavy atom. The molecular weight excluding hydrogens is 238 g/mol. The zero-order chi connectivity index (χ0) is 11.7. The molecule has 2 rings (SSSR count). The summed E-state index contributed by atoms with van der Waals surface area (Å²) in [6.07, 6.45) is 0. The molecule has 16 heavy (non-hydrogen) atoms. The van der Waals surface area contributed by atoms with Crippen molar-refractivity contribution in [3.05, 3.63) is 10.6 Å². The molecule has 1 fully saturated rings. The molecule has 0 aliphatic carbocycles. The van der Waals surface area contributed by atoms with Crippen LogP contribution in [0.1, 0.15) is 24.4 Å². The first-order valence-electron chi connectivity index (χ1n) is 5.68. The van der Waals surface area contributed by atoms with Crippen LogP contribution in [0.4, 0.5) is 5.13 Å². The quantitative estimate of drug-likeness (QED) is 0.882. The Morgan fingerprint density at radius 1 is 1.50 bits per heavy atom. The number of nitrogens with two attached hydrogens (primary N) is 1. The molecule has 5 heteroatoms. The summed E-state index contributed by atoms with van der Waals surface area (Å²) in [6.45, 7) is 8.35. The summed E-state index contributed by atoms with van der Waals surface area (Å²) in [5.41, 5.74) is 6.80. The number of aromatic nitrogens is 1. The molecule has 2 heterocycles. The van der Waals surface area contributed by atoms with Gasteiger partial charge in [-0.15, -0.1) is 11.3 Å². The van der Waals surface area contributed by atoms with Crippen LogP contribution >= 0.6 is 23.1 Å². The molecule has 0 spiro atoms. The van der Waals surface area contributed by atoms with Crippen molar-refractivity contribution < 1.29 is 0 Å². The van der Waals surface area contributed by atoms with Gasteiger partial charge in [-0.1, -0.05) is 6.92 Å². The summed E-state index contributed by atoms with van der Waals surface area (Å²) in [4.78, 5) is 8.29. The molecule has 2 N–H and O–H groups in total. The van der Waals surface area contributed by atoms with Gasteiger partial charge >= 0.3 is 0 Å². The zero-order valence-corrected chi connectivity index (χ0v) is 11.7. The van der Waals surface area contributed by atoms with Gasteiger partial charge in [0, 0.05) is 35.0 Å². The molecule has 1 aliphatic heterocycles. The van der Waals surface area contributed by atoms with Crippen LogP contribution in [0.3, 0.4) is 0 Å². The van der Waals surface area contributed by atoms with Crippen molar-refractivity contribution in [3.8, 4) is 0 Å². The van der Waals surface area contributed by atoms with E-state index in [1.807, 2.05) is 0 Å². The van der Waals surface area contributed by atoms with Gasteiger partial charge in [-0.25, -0.2) is 4.98 Å². The standard InChI is InChI=1S/C11H19N3S2/c1-7-10(6-12)16-11(13-7)14-4-5-15-9(3)8(14)2/h8-9H,4-6,12H2,1-3H3. The summed E-state index contributed by atoms with van der Waals surface area (Å²) in [5.74, 6) is 1.20. The van der Waals surface area contributed by atoms with Crippen molar-refractivity contribution in [2.75, 3.05) is 17.2 Å². The first-order chi connectivity index (χ1) is 7.63. The predicted molar refractivity (Wildman–Crippen MR) is 73.5 cm³/mol. The van der Waals surface area contributed by atoms with Crippen molar-refractivity contribution in [3.63, 3.8) is 0 Å². The normalized spacial score (nSPS) is 26.1. The predicted octanol–water partition coefficient (Wildman–Crippen LogP) is 2.24. The maximum absolute atomic E-state index is 5.70. The fourth-order valence-electron chi connectivity index (χ4n) is 1.93. The Labute approximate surface area is 105 Å². The molecule has 3 nitrogen and oxygen atoms in total. The molecule has 0 amide bonds. The smallest absolute Gasteiger partial charge is 0.186 e. The average molecular weight is 257 g/mol. The van der Waals surface area contributed by atoms with E-state index in [0.717, 1.165) is 17.4 Å². The number of aryl methyl sites for hydroxylation is 1. The maximum Gasteiger partial charge on any atom is 0.186 e. The number of anilines is 1. The zero-order valence-electron chi connectivity index (χ0n) is 10.1. The van der Waals surface area contributed by atoms with Crippen LogP contribution in [0.15, 0.2) is 0 Å². The minimum Gasteiger partial charge on any atom is -0.343 e. The van der Waals surface area contributed by atoms with Gasteiger partial charge in [-0.05, 0) is 13.8 Å². The summed E-state index contributed by atoms with van der Waals surface area (Å²) >= 11 is 3.80. The van der Waals surface area contributed by atoms with Crippen molar-refractivity contribution in [1.29, 1.82) is 0 Å². The van der Waals surface area contributed by atoms with Crippen LogP contribution < -0.4 is 10.6 Å². The molecule has 2 atom stereocenters. The molecule has 0 bridgehead atoms. The van der Waals surface area contributed by atoms with Gasteiger partial charge < -0.3 is 10.6 Å². The maximum atomic E-state index is 5.70. The van der Waals surface area contributed by atoms with E-state index in [-0.39, 0.29) is 0 Å². The van der Waals surface area contributed by atoms with Crippen LogP contribution in [-0.4, -0.2) is 28.6 Å². The van der Waals surface area contributed by atoms with Crippen molar-refractivity contribution in [1.82, 2.24) is 4.98 Å². The SMILES string of the molecule is Cc1nc(N2CCSC(C)C2C)sc1CN. The van der Waals surface area contributed by atoms with Gasteiger partial charge in [-0.3, -0.25) is 0 Å². The Bertz CT molecular complexity index is 364. The molecule has 1 aliphatic rings. The fraction of sp³-hybridized carbons (Fsp3) is 0.727. The van der Waals surface area contributed by atoms with Gasteiger partial charge in [0.15, 0.2) is 5.13 Å². The second-order valence-corrected chi connectivity index (χ2v) is 6.77.